The lowest BCUT2D eigenvalue weighted by Gasteiger charge is -2.55. The SMILES string of the molecule is C=C1[C@H](CCSC)N2C(=O)CN(CC#N)N(C=O)C2CN1CCCCc1ccc(F)cc1.CNCc1ccccc1. The van der Waals surface area contributed by atoms with E-state index in [1.54, 1.807) is 16.7 Å². The minimum atomic E-state index is -0.448. The standard InChI is InChI=1S/C23H30FN5O2S.C8H11N/c1-18-21(10-14-32-2)29-22(28(17-30)27(13-11-25)16-23(29)31)15-26(18)12-4-3-5-19-6-8-20(24)9-7-19;1-9-7-8-5-3-2-4-6-8/h6-9,17,21-22H,1,3-5,10,12-16H2,2H3;2-6,9H,7H2,1H3/t21-,22?;/m0./s1. The van der Waals surface area contributed by atoms with E-state index in [0.717, 1.165) is 55.8 Å². The molecular formula is C31H41FN6O2S. The Morgan fingerprint density at radius 3 is 2.51 bits per heavy atom. The molecule has 0 spiro atoms. The summed E-state index contributed by atoms with van der Waals surface area (Å²) in [6.45, 7) is 6.52. The molecule has 2 aliphatic heterocycles. The van der Waals surface area contributed by atoms with Crippen molar-refractivity contribution >= 4 is 24.1 Å². The van der Waals surface area contributed by atoms with Crippen molar-refractivity contribution in [2.24, 2.45) is 0 Å². The van der Waals surface area contributed by atoms with Crippen LogP contribution in [0.5, 0.6) is 0 Å². The third kappa shape index (κ3) is 9.05. The van der Waals surface area contributed by atoms with Crippen molar-refractivity contribution < 1.29 is 14.0 Å². The first kappa shape index (κ1) is 32.1. The molecule has 2 aromatic rings. The molecule has 220 valence electrons. The highest BCUT2D eigenvalue weighted by atomic mass is 32.2. The van der Waals surface area contributed by atoms with Crippen molar-refractivity contribution in [3.05, 3.63) is 83.8 Å². The van der Waals surface area contributed by atoms with Crippen LogP contribution in [0.3, 0.4) is 0 Å². The number of unbranched alkanes of at least 4 members (excludes halogenated alkanes) is 1. The quantitative estimate of drug-likeness (QED) is 0.232. The number of nitriles is 1. The van der Waals surface area contributed by atoms with Gasteiger partial charge in [0.2, 0.25) is 12.3 Å². The Labute approximate surface area is 247 Å². The third-order valence-corrected chi connectivity index (χ3v) is 7.95. The van der Waals surface area contributed by atoms with Gasteiger partial charge >= 0.3 is 0 Å². The van der Waals surface area contributed by atoms with Gasteiger partial charge < -0.3 is 15.1 Å². The van der Waals surface area contributed by atoms with Gasteiger partial charge in [-0.2, -0.15) is 22.0 Å². The molecule has 1 N–H and O–H groups in total. The predicted molar refractivity (Wildman–Crippen MR) is 162 cm³/mol. The van der Waals surface area contributed by atoms with Crippen LogP contribution >= 0.6 is 11.8 Å². The number of halogens is 1. The van der Waals surface area contributed by atoms with Crippen molar-refractivity contribution in [3.8, 4) is 6.07 Å². The number of carbonyl (C=O) groups excluding carboxylic acids is 2. The third-order valence-electron chi connectivity index (χ3n) is 7.31. The molecular weight excluding hydrogens is 539 g/mol. The molecule has 0 radical (unpaired) electrons. The van der Waals surface area contributed by atoms with Crippen LogP contribution in [0.4, 0.5) is 4.39 Å². The summed E-state index contributed by atoms with van der Waals surface area (Å²) in [5, 5.41) is 15.2. The van der Waals surface area contributed by atoms with Gasteiger partial charge in [0.15, 0.2) is 0 Å². The van der Waals surface area contributed by atoms with E-state index in [9.17, 15) is 14.0 Å². The number of thioether (sulfide) groups is 1. The van der Waals surface area contributed by atoms with Crippen LogP contribution < -0.4 is 5.32 Å². The van der Waals surface area contributed by atoms with Gasteiger partial charge in [0.05, 0.1) is 25.2 Å². The van der Waals surface area contributed by atoms with Crippen LogP contribution in [-0.2, 0) is 22.6 Å². The molecule has 2 heterocycles. The number of carbonyl (C=O) groups is 2. The summed E-state index contributed by atoms with van der Waals surface area (Å²) in [5.74, 6) is 0.569. The predicted octanol–water partition coefficient (Wildman–Crippen LogP) is 3.87. The van der Waals surface area contributed by atoms with Gasteiger partial charge in [-0.15, -0.1) is 0 Å². The zero-order valence-corrected chi connectivity index (χ0v) is 24.9. The normalized spacial score (nSPS) is 18.8. The number of hydrazine groups is 1. The number of nitrogens with one attached hydrogen (secondary N) is 1. The Bertz CT molecular complexity index is 1160. The van der Waals surface area contributed by atoms with E-state index in [1.807, 2.05) is 49.7 Å². The second kappa shape index (κ2) is 16.8. The van der Waals surface area contributed by atoms with Crippen LogP contribution in [0, 0.1) is 17.1 Å². The topological polar surface area (TPSA) is 82.9 Å². The molecule has 41 heavy (non-hydrogen) atoms. The molecule has 2 aromatic carbocycles. The summed E-state index contributed by atoms with van der Waals surface area (Å²) in [4.78, 5) is 28.9. The number of nitrogens with zero attached hydrogens (tertiary/aromatic N) is 5. The maximum absolute atomic E-state index is 13.1. The van der Waals surface area contributed by atoms with Crippen LogP contribution in [0.25, 0.3) is 0 Å². The molecule has 2 aliphatic rings. The lowest BCUT2D eigenvalue weighted by atomic mass is 10.0. The number of fused-ring (bicyclic) bond motifs is 1. The molecule has 0 saturated carbocycles. The van der Waals surface area contributed by atoms with Crippen molar-refractivity contribution in [2.75, 3.05) is 45.2 Å². The largest absolute Gasteiger partial charge is 0.370 e. The van der Waals surface area contributed by atoms with Crippen molar-refractivity contribution in [1.29, 1.82) is 5.26 Å². The number of piperazine rings is 1. The summed E-state index contributed by atoms with van der Waals surface area (Å²) in [5.41, 5.74) is 3.34. The zero-order chi connectivity index (χ0) is 29.6. The summed E-state index contributed by atoms with van der Waals surface area (Å²) in [7, 11) is 1.95. The van der Waals surface area contributed by atoms with E-state index >= 15 is 0 Å². The second-order valence-corrected chi connectivity index (χ2v) is 11.1. The smallest absolute Gasteiger partial charge is 0.241 e. The second-order valence-electron chi connectivity index (χ2n) is 10.1. The molecule has 0 aliphatic carbocycles. The highest BCUT2D eigenvalue weighted by Crippen LogP contribution is 2.32. The van der Waals surface area contributed by atoms with Crippen molar-refractivity contribution in [3.63, 3.8) is 0 Å². The van der Waals surface area contributed by atoms with Gasteiger partial charge in [-0.05, 0) is 68.0 Å². The highest BCUT2D eigenvalue weighted by Gasteiger charge is 2.47. The molecule has 8 nitrogen and oxygen atoms in total. The average Bonchev–Trinajstić information content (AvgIpc) is 2.97. The minimum absolute atomic E-state index is 0.0110. The highest BCUT2D eigenvalue weighted by molar-refractivity contribution is 7.98. The molecule has 1 unspecified atom stereocenters. The fraction of sp³-hybridized carbons (Fsp3) is 0.452. The number of amides is 2. The Balaban J connectivity index is 0.000000436. The summed E-state index contributed by atoms with van der Waals surface area (Å²) in [6.07, 6.45) is 5.77. The summed E-state index contributed by atoms with van der Waals surface area (Å²) < 4.78 is 13.1. The number of rotatable bonds is 12. The van der Waals surface area contributed by atoms with Crippen LogP contribution in [0.15, 0.2) is 66.9 Å². The van der Waals surface area contributed by atoms with E-state index < -0.39 is 6.17 Å². The minimum Gasteiger partial charge on any atom is -0.370 e. The zero-order valence-electron chi connectivity index (χ0n) is 24.0. The van der Waals surface area contributed by atoms with E-state index in [1.165, 1.54) is 27.7 Å². The summed E-state index contributed by atoms with van der Waals surface area (Å²) in [6, 6.07) is 18.8. The number of hydrogen-bond acceptors (Lipinski definition) is 7. The van der Waals surface area contributed by atoms with Crippen LogP contribution in [-0.4, -0.2) is 89.6 Å². The monoisotopic (exact) mass is 580 g/mol. The lowest BCUT2D eigenvalue weighted by molar-refractivity contribution is -0.190. The maximum Gasteiger partial charge on any atom is 0.241 e. The van der Waals surface area contributed by atoms with Gasteiger partial charge in [-0.3, -0.25) is 14.6 Å². The molecule has 4 rings (SSSR count). The molecule has 2 atom stereocenters. The Kier molecular flexibility index (Phi) is 13.1. The van der Waals surface area contributed by atoms with E-state index in [-0.39, 0.29) is 30.9 Å². The van der Waals surface area contributed by atoms with Crippen LogP contribution in [0.1, 0.15) is 30.4 Å². The Morgan fingerprint density at radius 2 is 1.88 bits per heavy atom. The molecule has 2 saturated heterocycles. The van der Waals surface area contributed by atoms with Gasteiger partial charge in [0.1, 0.15) is 18.5 Å². The fourth-order valence-electron chi connectivity index (χ4n) is 5.25. The fourth-order valence-corrected chi connectivity index (χ4v) is 5.71. The van der Waals surface area contributed by atoms with Gasteiger partial charge in [0.25, 0.3) is 0 Å². The molecule has 0 bridgehead atoms. The van der Waals surface area contributed by atoms with Crippen molar-refractivity contribution in [1.82, 2.24) is 25.1 Å². The van der Waals surface area contributed by atoms with Gasteiger partial charge in [0, 0.05) is 18.8 Å². The molecule has 2 fully saturated rings. The molecule has 2 amide bonds. The van der Waals surface area contributed by atoms with Gasteiger partial charge in [-0.1, -0.05) is 49.0 Å². The number of benzene rings is 2. The molecule has 10 heteroatoms. The van der Waals surface area contributed by atoms with Gasteiger partial charge in [-0.25, -0.2) is 4.39 Å². The van der Waals surface area contributed by atoms with E-state index in [2.05, 4.69) is 28.9 Å². The van der Waals surface area contributed by atoms with Crippen LogP contribution in [0.2, 0.25) is 0 Å². The maximum atomic E-state index is 13.1. The average molecular weight is 581 g/mol. The Hall–Kier alpha value is -3.39. The first-order chi connectivity index (χ1) is 19.9. The van der Waals surface area contributed by atoms with E-state index in [4.69, 9.17) is 5.26 Å². The number of hydrogen-bond donors (Lipinski definition) is 1. The first-order valence-corrected chi connectivity index (χ1v) is 15.3. The lowest BCUT2D eigenvalue weighted by Crippen LogP contribution is -2.72. The van der Waals surface area contributed by atoms with Crippen molar-refractivity contribution in [2.45, 2.75) is 44.4 Å². The molecule has 0 aromatic heterocycles. The first-order valence-electron chi connectivity index (χ1n) is 14.0. The number of aryl methyl sites for hydroxylation is 1. The van der Waals surface area contributed by atoms with E-state index in [0.29, 0.717) is 13.0 Å². The Morgan fingerprint density at radius 1 is 1.15 bits per heavy atom. The summed E-state index contributed by atoms with van der Waals surface area (Å²) >= 11 is 1.71.